The molecule has 248 valence electrons. The summed E-state index contributed by atoms with van der Waals surface area (Å²) in [6.45, 7) is 3.55. The van der Waals surface area contributed by atoms with E-state index in [-0.39, 0.29) is 68.7 Å². The van der Waals surface area contributed by atoms with Crippen LogP contribution in [0.4, 0.5) is 9.18 Å². The molecule has 0 radical (unpaired) electrons. The third kappa shape index (κ3) is 7.48. The minimum absolute atomic E-state index is 0.113. The Morgan fingerprint density at radius 2 is 1.74 bits per heavy atom. The van der Waals surface area contributed by atoms with Crippen LogP contribution in [0.5, 0.6) is 5.75 Å². The summed E-state index contributed by atoms with van der Waals surface area (Å²) in [5.41, 5.74) is 1.18. The second-order valence-corrected chi connectivity index (χ2v) is 11.9. The standard InChI is InChI=1S/C32H41FN6O7/c1-3-45-32(44)38-14-12-37(13-15-38)31(43)25(18-33)36-29(41)24-17-27(22-10-9-20(2)16-23(22)35-24)46-19-28(40)39-11-5-8-26(39)30(42)34-21-6-4-7-21/h9-10,16-17,21,25-26H,3-8,11-15,18-19H2,1-2H3,(H,34,42)(H,36,41)/t25-,26-/m0/s1. The molecule has 1 aliphatic carbocycles. The molecule has 0 spiro atoms. The number of benzene rings is 1. The van der Waals surface area contributed by atoms with E-state index in [1.54, 1.807) is 24.0 Å². The van der Waals surface area contributed by atoms with E-state index in [1.807, 2.05) is 13.0 Å². The van der Waals surface area contributed by atoms with E-state index < -0.39 is 36.7 Å². The summed E-state index contributed by atoms with van der Waals surface area (Å²) < 4.78 is 25.1. The van der Waals surface area contributed by atoms with Gasteiger partial charge in [-0.1, -0.05) is 6.07 Å². The van der Waals surface area contributed by atoms with Gasteiger partial charge in [-0.3, -0.25) is 19.2 Å². The molecule has 14 heteroatoms. The van der Waals surface area contributed by atoms with E-state index in [1.165, 1.54) is 15.9 Å². The first-order valence-corrected chi connectivity index (χ1v) is 15.9. The number of rotatable bonds is 10. The number of aromatic nitrogens is 1. The van der Waals surface area contributed by atoms with Crippen LogP contribution in [0.15, 0.2) is 24.3 Å². The Hall–Kier alpha value is -4.49. The van der Waals surface area contributed by atoms with E-state index in [0.717, 1.165) is 24.8 Å². The molecule has 3 fully saturated rings. The maximum Gasteiger partial charge on any atom is 0.409 e. The van der Waals surface area contributed by atoms with Gasteiger partial charge in [-0.2, -0.15) is 0 Å². The Morgan fingerprint density at radius 1 is 1.00 bits per heavy atom. The van der Waals surface area contributed by atoms with Gasteiger partial charge in [-0.15, -0.1) is 0 Å². The predicted octanol–water partition coefficient (Wildman–Crippen LogP) is 1.95. The molecule has 5 rings (SSSR count). The lowest BCUT2D eigenvalue weighted by molar-refractivity contribution is -0.140. The first kappa shape index (κ1) is 32.9. The van der Waals surface area contributed by atoms with Crippen molar-refractivity contribution >= 4 is 40.6 Å². The largest absolute Gasteiger partial charge is 0.483 e. The molecule has 3 heterocycles. The summed E-state index contributed by atoms with van der Waals surface area (Å²) in [7, 11) is 0. The van der Waals surface area contributed by atoms with Gasteiger partial charge in [0.25, 0.3) is 11.8 Å². The highest BCUT2D eigenvalue weighted by Gasteiger charge is 2.36. The van der Waals surface area contributed by atoms with Crippen LogP contribution in [0.1, 0.15) is 55.1 Å². The number of likely N-dealkylation sites (tertiary alicyclic amines) is 1. The molecule has 1 saturated carbocycles. The second kappa shape index (κ2) is 14.7. The third-order valence-corrected chi connectivity index (χ3v) is 8.71. The summed E-state index contributed by atoms with van der Waals surface area (Å²) in [6.07, 6.45) is 3.82. The van der Waals surface area contributed by atoms with Crippen molar-refractivity contribution in [3.63, 3.8) is 0 Å². The third-order valence-electron chi connectivity index (χ3n) is 8.71. The highest BCUT2D eigenvalue weighted by atomic mass is 19.1. The smallest absolute Gasteiger partial charge is 0.409 e. The molecule has 46 heavy (non-hydrogen) atoms. The highest BCUT2D eigenvalue weighted by molar-refractivity contribution is 5.99. The maximum absolute atomic E-state index is 14.1. The zero-order valence-electron chi connectivity index (χ0n) is 26.3. The summed E-state index contributed by atoms with van der Waals surface area (Å²) in [5.74, 6) is -1.67. The number of pyridine rings is 1. The lowest BCUT2D eigenvalue weighted by Crippen LogP contribution is -2.56. The summed E-state index contributed by atoms with van der Waals surface area (Å²) >= 11 is 0. The molecular formula is C32H41FN6O7. The highest BCUT2D eigenvalue weighted by Crippen LogP contribution is 2.28. The van der Waals surface area contributed by atoms with Gasteiger partial charge in [0.2, 0.25) is 11.8 Å². The predicted molar refractivity (Wildman–Crippen MR) is 165 cm³/mol. The maximum atomic E-state index is 14.1. The van der Waals surface area contributed by atoms with Gasteiger partial charge < -0.3 is 34.8 Å². The van der Waals surface area contributed by atoms with Crippen LogP contribution in [-0.4, -0.2) is 120 Å². The fourth-order valence-corrected chi connectivity index (χ4v) is 5.90. The zero-order chi connectivity index (χ0) is 32.8. The van der Waals surface area contributed by atoms with Crippen LogP contribution in [0, 0.1) is 6.92 Å². The van der Waals surface area contributed by atoms with Gasteiger partial charge in [0, 0.05) is 50.2 Å². The number of halogens is 1. The van der Waals surface area contributed by atoms with Crippen LogP contribution in [-0.2, 0) is 19.1 Å². The van der Waals surface area contributed by atoms with Gasteiger partial charge in [0.05, 0.1) is 12.1 Å². The van der Waals surface area contributed by atoms with E-state index in [2.05, 4.69) is 15.6 Å². The lowest BCUT2D eigenvalue weighted by Gasteiger charge is -2.35. The Morgan fingerprint density at radius 3 is 2.41 bits per heavy atom. The molecule has 0 unspecified atom stereocenters. The van der Waals surface area contributed by atoms with Crippen molar-refractivity contribution < 1.29 is 37.8 Å². The normalized spacial score (nSPS) is 18.9. The summed E-state index contributed by atoms with van der Waals surface area (Å²) in [5, 5.41) is 6.03. The van der Waals surface area contributed by atoms with Gasteiger partial charge >= 0.3 is 6.09 Å². The Balaban J connectivity index is 1.25. The van der Waals surface area contributed by atoms with E-state index in [4.69, 9.17) is 9.47 Å². The van der Waals surface area contributed by atoms with Crippen molar-refractivity contribution in [2.24, 2.45) is 0 Å². The van der Waals surface area contributed by atoms with Gasteiger partial charge in [-0.25, -0.2) is 14.2 Å². The molecule has 3 aliphatic rings. The second-order valence-electron chi connectivity index (χ2n) is 11.9. The first-order chi connectivity index (χ1) is 22.2. The van der Waals surface area contributed by atoms with E-state index >= 15 is 0 Å². The molecule has 2 saturated heterocycles. The molecule has 13 nitrogen and oxygen atoms in total. The number of nitrogens with zero attached hydrogens (tertiary/aromatic N) is 4. The van der Waals surface area contributed by atoms with Crippen molar-refractivity contribution in [3.8, 4) is 5.75 Å². The van der Waals surface area contributed by atoms with Gasteiger partial charge in [-0.05, 0) is 63.6 Å². The zero-order valence-corrected chi connectivity index (χ0v) is 26.3. The van der Waals surface area contributed by atoms with Gasteiger partial charge in [0.1, 0.15) is 30.2 Å². The molecule has 2 N–H and O–H groups in total. The number of piperazine rings is 1. The molecule has 1 aromatic carbocycles. The lowest BCUT2D eigenvalue weighted by atomic mass is 9.93. The van der Waals surface area contributed by atoms with Crippen molar-refractivity contribution in [1.29, 1.82) is 0 Å². The number of ether oxygens (including phenoxy) is 2. The van der Waals surface area contributed by atoms with Gasteiger partial charge in [0.15, 0.2) is 6.61 Å². The number of aryl methyl sites for hydroxylation is 1. The number of hydrogen-bond acceptors (Lipinski definition) is 8. The van der Waals surface area contributed by atoms with Crippen LogP contribution in [0.25, 0.3) is 10.9 Å². The monoisotopic (exact) mass is 640 g/mol. The van der Waals surface area contributed by atoms with Crippen LogP contribution in [0.3, 0.4) is 0 Å². The molecule has 2 atom stereocenters. The molecule has 2 aliphatic heterocycles. The fraction of sp³-hybridized carbons (Fsp3) is 0.562. The quantitative estimate of drug-likeness (QED) is 0.400. The number of alkyl halides is 1. The molecule has 0 bridgehead atoms. The van der Waals surface area contributed by atoms with Crippen LogP contribution in [0.2, 0.25) is 0 Å². The van der Waals surface area contributed by atoms with Crippen molar-refractivity contribution in [3.05, 3.63) is 35.5 Å². The van der Waals surface area contributed by atoms with Crippen LogP contribution >= 0.6 is 0 Å². The Labute approximate surface area is 266 Å². The molecule has 5 amide bonds. The number of fused-ring (bicyclic) bond motifs is 1. The molecular weight excluding hydrogens is 599 g/mol. The van der Waals surface area contributed by atoms with E-state index in [9.17, 15) is 28.4 Å². The van der Waals surface area contributed by atoms with Crippen LogP contribution < -0.4 is 15.4 Å². The van der Waals surface area contributed by atoms with Crippen molar-refractivity contribution in [2.75, 3.05) is 52.6 Å². The minimum atomic E-state index is -1.46. The number of carbonyl (C=O) groups is 5. The summed E-state index contributed by atoms with van der Waals surface area (Å²) in [4.78, 5) is 73.3. The SMILES string of the molecule is CCOC(=O)N1CCN(C(=O)[C@H](CF)NC(=O)c2cc(OCC(=O)N3CCC[C@H]3C(=O)NC3CCC3)c3ccc(C)cc3n2)CC1. The van der Waals surface area contributed by atoms with Crippen molar-refractivity contribution in [2.45, 2.75) is 64.1 Å². The number of hydrogen-bond donors (Lipinski definition) is 2. The van der Waals surface area contributed by atoms with E-state index in [0.29, 0.717) is 30.3 Å². The topological polar surface area (TPSA) is 150 Å². The number of nitrogens with one attached hydrogen (secondary N) is 2. The first-order valence-electron chi connectivity index (χ1n) is 15.9. The average molecular weight is 641 g/mol. The van der Waals surface area contributed by atoms with Crippen molar-refractivity contribution in [1.82, 2.24) is 30.3 Å². The number of carbonyl (C=O) groups excluding carboxylic acids is 5. The number of amides is 5. The Kier molecular flexibility index (Phi) is 10.5. The molecule has 2 aromatic rings. The minimum Gasteiger partial charge on any atom is -0.483 e. The Bertz CT molecular complexity index is 1480. The fourth-order valence-electron chi connectivity index (χ4n) is 5.90. The average Bonchev–Trinajstić information content (AvgIpc) is 3.54. The molecule has 1 aromatic heterocycles. The summed E-state index contributed by atoms with van der Waals surface area (Å²) in [6, 6.07) is 4.91.